The lowest BCUT2D eigenvalue weighted by molar-refractivity contribution is 0.215. The molecule has 2 heterocycles. The highest BCUT2D eigenvalue weighted by Crippen LogP contribution is 2.26. The van der Waals surface area contributed by atoms with Gasteiger partial charge >= 0.3 is 0 Å². The summed E-state index contributed by atoms with van der Waals surface area (Å²) in [6.07, 6.45) is 9.70. The molecular formula is C20H28ClN3. The van der Waals surface area contributed by atoms with Gasteiger partial charge in [0.25, 0.3) is 0 Å². The zero-order valence-corrected chi connectivity index (χ0v) is 15.4. The van der Waals surface area contributed by atoms with E-state index in [1.165, 1.54) is 63.8 Å². The van der Waals surface area contributed by atoms with Gasteiger partial charge in [0.05, 0.1) is 5.52 Å². The predicted molar refractivity (Wildman–Crippen MR) is 104 cm³/mol. The van der Waals surface area contributed by atoms with Crippen molar-refractivity contribution >= 4 is 28.2 Å². The monoisotopic (exact) mass is 345 g/mol. The summed E-state index contributed by atoms with van der Waals surface area (Å²) >= 11 is 6.07. The van der Waals surface area contributed by atoms with Crippen LogP contribution < -0.4 is 5.32 Å². The minimum absolute atomic E-state index is 0.554. The Morgan fingerprint density at radius 2 is 2.00 bits per heavy atom. The average molecular weight is 346 g/mol. The number of rotatable bonds is 7. The van der Waals surface area contributed by atoms with E-state index in [-0.39, 0.29) is 0 Å². The van der Waals surface area contributed by atoms with Crippen LogP contribution in [0.4, 0.5) is 5.69 Å². The van der Waals surface area contributed by atoms with Gasteiger partial charge in [-0.05, 0) is 50.1 Å². The summed E-state index contributed by atoms with van der Waals surface area (Å²) in [5.41, 5.74) is 2.14. The van der Waals surface area contributed by atoms with Crippen LogP contribution in [0.5, 0.6) is 0 Å². The topological polar surface area (TPSA) is 28.2 Å². The number of piperidine rings is 1. The molecule has 0 amide bonds. The number of benzene rings is 1. The van der Waals surface area contributed by atoms with Gasteiger partial charge in [-0.25, -0.2) is 0 Å². The smallest absolute Gasteiger partial charge is 0.0737 e. The van der Waals surface area contributed by atoms with Crippen molar-refractivity contribution in [1.29, 1.82) is 0 Å². The van der Waals surface area contributed by atoms with E-state index in [1.54, 1.807) is 0 Å². The Morgan fingerprint density at radius 1 is 1.17 bits per heavy atom. The first-order chi connectivity index (χ1) is 11.8. The molecule has 2 aromatic rings. The van der Waals surface area contributed by atoms with E-state index in [1.807, 2.05) is 18.3 Å². The van der Waals surface area contributed by atoms with Gasteiger partial charge in [0.2, 0.25) is 0 Å². The molecule has 130 valence electrons. The number of nitrogens with one attached hydrogen (secondary N) is 1. The molecule has 1 aliphatic rings. The first kappa shape index (κ1) is 17.5. The fourth-order valence-electron chi connectivity index (χ4n) is 3.53. The number of likely N-dealkylation sites (tertiary alicyclic amines) is 1. The number of pyridine rings is 1. The van der Waals surface area contributed by atoms with Crippen LogP contribution in [0.2, 0.25) is 5.02 Å². The number of anilines is 1. The van der Waals surface area contributed by atoms with Crippen LogP contribution >= 0.6 is 11.6 Å². The molecule has 0 unspecified atom stereocenters. The van der Waals surface area contributed by atoms with Crippen molar-refractivity contribution < 1.29 is 0 Å². The Morgan fingerprint density at radius 3 is 2.79 bits per heavy atom. The lowest BCUT2D eigenvalue weighted by Gasteiger charge is -2.33. The van der Waals surface area contributed by atoms with Crippen LogP contribution in [0, 0.1) is 0 Å². The Labute approximate surface area is 150 Å². The minimum Gasteiger partial charge on any atom is -0.382 e. The van der Waals surface area contributed by atoms with Gasteiger partial charge in [-0.15, -0.1) is 0 Å². The molecule has 1 N–H and O–H groups in total. The van der Waals surface area contributed by atoms with Crippen molar-refractivity contribution in [2.45, 2.75) is 51.5 Å². The van der Waals surface area contributed by atoms with E-state index in [4.69, 9.17) is 11.6 Å². The van der Waals surface area contributed by atoms with Crippen LogP contribution in [0.15, 0.2) is 30.5 Å². The molecule has 1 aromatic carbocycles. The van der Waals surface area contributed by atoms with E-state index in [9.17, 15) is 0 Å². The molecule has 0 aliphatic carbocycles. The first-order valence-corrected chi connectivity index (χ1v) is 9.67. The van der Waals surface area contributed by atoms with E-state index in [0.717, 1.165) is 15.9 Å². The molecule has 1 fully saturated rings. The van der Waals surface area contributed by atoms with Crippen LogP contribution in [0.25, 0.3) is 10.9 Å². The van der Waals surface area contributed by atoms with Gasteiger partial charge in [0.1, 0.15) is 0 Å². The Kier molecular flexibility index (Phi) is 6.33. The van der Waals surface area contributed by atoms with Crippen molar-refractivity contribution in [3.05, 3.63) is 35.5 Å². The first-order valence-electron chi connectivity index (χ1n) is 9.29. The Balaban J connectivity index is 1.53. The lowest BCUT2D eigenvalue weighted by Crippen LogP contribution is -2.39. The van der Waals surface area contributed by atoms with Crippen LogP contribution in [-0.4, -0.2) is 35.6 Å². The van der Waals surface area contributed by atoms with Crippen molar-refractivity contribution in [2.24, 2.45) is 0 Å². The standard InChI is InChI=1S/C20H28ClN3/c1-2-3-4-5-12-24-13-9-17(10-14-24)23-19-8-11-22-20-15-16(21)6-7-18(19)20/h6-8,11,15,17H,2-5,9-10,12-14H2,1H3,(H,22,23). The molecule has 3 rings (SSSR count). The van der Waals surface area contributed by atoms with Crippen molar-refractivity contribution in [2.75, 3.05) is 25.0 Å². The fraction of sp³-hybridized carbons (Fsp3) is 0.550. The minimum atomic E-state index is 0.554. The van der Waals surface area contributed by atoms with Crippen molar-refractivity contribution in [3.63, 3.8) is 0 Å². The molecule has 1 aromatic heterocycles. The molecule has 0 radical (unpaired) electrons. The summed E-state index contributed by atoms with van der Waals surface area (Å²) in [6, 6.07) is 8.57. The van der Waals surface area contributed by atoms with Gasteiger partial charge in [-0.1, -0.05) is 37.8 Å². The normalized spacial score (nSPS) is 16.6. The fourth-order valence-corrected chi connectivity index (χ4v) is 3.70. The molecule has 0 saturated carbocycles. The van der Waals surface area contributed by atoms with E-state index >= 15 is 0 Å². The predicted octanol–water partition coefficient (Wildman–Crippen LogP) is 5.34. The van der Waals surface area contributed by atoms with Gasteiger partial charge < -0.3 is 10.2 Å². The summed E-state index contributed by atoms with van der Waals surface area (Å²) in [4.78, 5) is 7.05. The maximum Gasteiger partial charge on any atom is 0.0737 e. The number of fused-ring (bicyclic) bond motifs is 1. The third-order valence-corrected chi connectivity index (χ3v) is 5.21. The second kappa shape index (κ2) is 8.68. The second-order valence-corrected chi connectivity index (χ2v) is 7.28. The summed E-state index contributed by atoms with van der Waals surface area (Å²) < 4.78 is 0. The number of halogens is 1. The number of hydrogen-bond donors (Lipinski definition) is 1. The highest BCUT2D eigenvalue weighted by molar-refractivity contribution is 6.31. The number of hydrogen-bond acceptors (Lipinski definition) is 3. The van der Waals surface area contributed by atoms with Crippen molar-refractivity contribution in [1.82, 2.24) is 9.88 Å². The molecule has 4 heteroatoms. The summed E-state index contributed by atoms with van der Waals surface area (Å²) in [6.45, 7) is 5.95. The molecule has 0 bridgehead atoms. The van der Waals surface area contributed by atoms with E-state index in [0.29, 0.717) is 6.04 Å². The molecule has 24 heavy (non-hydrogen) atoms. The summed E-state index contributed by atoms with van der Waals surface area (Å²) in [5, 5.41) is 5.63. The zero-order valence-electron chi connectivity index (χ0n) is 14.6. The number of aromatic nitrogens is 1. The van der Waals surface area contributed by atoms with Gasteiger partial charge in [0.15, 0.2) is 0 Å². The Hall–Kier alpha value is -1.32. The molecule has 0 atom stereocenters. The molecular weight excluding hydrogens is 318 g/mol. The molecule has 1 saturated heterocycles. The maximum absolute atomic E-state index is 6.07. The number of unbranched alkanes of at least 4 members (excludes halogenated alkanes) is 3. The number of nitrogens with zero attached hydrogens (tertiary/aromatic N) is 2. The largest absolute Gasteiger partial charge is 0.382 e. The quantitative estimate of drug-likeness (QED) is 0.686. The van der Waals surface area contributed by atoms with Gasteiger partial charge in [0, 0.05) is 41.4 Å². The van der Waals surface area contributed by atoms with E-state index < -0.39 is 0 Å². The highest BCUT2D eigenvalue weighted by atomic mass is 35.5. The molecule has 3 nitrogen and oxygen atoms in total. The van der Waals surface area contributed by atoms with Gasteiger partial charge in [-0.2, -0.15) is 0 Å². The zero-order chi connectivity index (χ0) is 16.8. The molecule has 0 spiro atoms. The summed E-state index contributed by atoms with van der Waals surface area (Å²) in [5.74, 6) is 0. The maximum atomic E-state index is 6.07. The van der Waals surface area contributed by atoms with Gasteiger partial charge in [-0.3, -0.25) is 4.98 Å². The van der Waals surface area contributed by atoms with Crippen LogP contribution in [-0.2, 0) is 0 Å². The average Bonchev–Trinajstić information content (AvgIpc) is 2.60. The Bertz CT molecular complexity index is 650. The third-order valence-electron chi connectivity index (χ3n) is 4.98. The third kappa shape index (κ3) is 4.61. The molecule has 1 aliphatic heterocycles. The van der Waals surface area contributed by atoms with Crippen LogP contribution in [0.3, 0.4) is 0 Å². The van der Waals surface area contributed by atoms with E-state index in [2.05, 4.69) is 34.3 Å². The SMILES string of the molecule is CCCCCCN1CCC(Nc2ccnc3cc(Cl)ccc23)CC1. The summed E-state index contributed by atoms with van der Waals surface area (Å²) in [7, 11) is 0. The highest BCUT2D eigenvalue weighted by Gasteiger charge is 2.19. The van der Waals surface area contributed by atoms with Crippen molar-refractivity contribution in [3.8, 4) is 0 Å². The van der Waals surface area contributed by atoms with Crippen LogP contribution in [0.1, 0.15) is 45.4 Å². The lowest BCUT2D eigenvalue weighted by atomic mass is 10.0. The second-order valence-electron chi connectivity index (χ2n) is 6.84.